The summed E-state index contributed by atoms with van der Waals surface area (Å²) in [6.45, 7) is 3.60. The predicted octanol–water partition coefficient (Wildman–Crippen LogP) is 9.99. The molecule has 11 nitrogen and oxygen atoms in total. The fraction of sp³-hybridized carbons (Fsp3) is 0.520. The molecular formula is C50H78NO10P. The minimum Gasteiger partial charge on any atom is -0.756 e. The summed E-state index contributed by atoms with van der Waals surface area (Å²) in [5.41, 5.74) is 0. The van der Waals surface area contributed by atoms with E-state index in [1.54, 1.807) is 36.5 Å². The molecule has 0 saturated heterocycles. The maximum atomic E-state index is 12.7. The molecule has 0 bridgehead atoms. The summed E-state index contributed by atoms with van der Waals surface area (Å²) in [6.07, 6.45) is 50.0. The smallest absolute Gasteiger partial charge is 0.306 e. The van der Waals surface area contributed by atoms with Gasteiger partial charge in [0, 0.05) is 12.8 Å². The van der Waals surface area contributed by atoms with E-state index >= 15 is 0 Å². The largest absolute Gasteiger partial charge is 0.756 e. The van der Waals surface area contributed by atoms with Crippen molar-refractivity contribution in [3.8, 4) is 0 Å². The zero-order chi connectivity index (χ0) is 46.0. The molecule has 0 aromatic heterocycles. The van der Waals surface area contributed by atoms with Crippen molar-refractivity contribution in [2.45, 2.75) is 122 Å². The van der Waals surface area contributed by atoms with Gasteiger partial charge in [0.25, 0.3) is 7.82 Å². The van der Waals surface area contributed by atoms with Gasteiger partial charge in [0.05, 0.1) is 40.0 Å². The van der Waals surface area contributed by atoms with Gasteiger partial charge in [-0.15, -0.1) is 0 Å². The van der Waals surface area contributed by atoms with Crippen molar-refractivity contribution in [1.29, 1.82) is 0 Å². The molecule has 0 spiro atoms. The number of hydrogen-bond acceptors (Lipinski definition) is 10. The fourth-order valence-corrected chi connectivity index (χ4v) is 5.62. The van der Waals surface area contributed by atoms with Crippen LogP contribution in [0.2, 0.25) is 0 Å². The van der Waals surface area contributed by atoms with Crippen molar-refractivity contribution in [3.63, 3.8) is 0 Å². The molecule has 0 amide bonds. The van der Waals surface area contributed by atoms with Gasteiger partial charge >= 0.3 is 11.9 Å². The Labute approximate surface area is 374 Å². The first-order valence-electron chi connectivity index (χ1n) is 22.1. The average molecular weight is 884 g/mol. The van der Waals surface area contributed by atoms with Crippen LogP contribution in [0.1, 0.15) is 104 Å². The Bertz CT molecular complexity index is 1540. The number of esters is 2. The Hall–Kier alpha value is -3.93. The molecule has 0 aromatic carbocycles. The highest BCUT2D eigenvalue weighted by atomic mass is 31.2. The van der Waals surface area contributed by atoms with E-state index in [1.165, 1.54) is 0 Å². The summed E-state index contributed by atoms with van der Waals surface area (Å²) in [4.78, 5) is 37.5. The predicted molar refractivity (Wildman–Crippen MR) is 252 cm³/mol. The normalized spacial score (nSPS) is 15.8. The van der Waals surface area contributed by atoms with E-state index in [1.807, 2.05) is 76.7 Å². The van der Waals surface area contributed by atoms with Gasteiger partial charge in [-0.25, -0.2) is 0 Å². The van der Waals surface area contributed by atoms with E-state index in [0.717, 1.165) is 38.5 Å². The average Bonchev–Trinajstić information content (AvgIpc) is 3.21. The molecule has 2 N–H and O–H groups in total. The minimum absolute atomic E-state index is 0.0737. The van der Waals surface area contributed by atoms with Crippen LogP contribution in [0.15, 0.2) is 134 Å². The van der Waals surface area contributed by atoms with Gasteiger partial charge in [-0.3, -0.25) is 14.2 Å². The van der Waals surface area contributed by atoms with Crippen molar-refractivity contribution in [1.82, 2.24) is 0 Å². The SMILES string of the molecule is CC/C=C\C/C=C\C/C=C\C/C=C\C/C=C\CCCC(=O)O[C@H](COC(=O)CC/C=C\C/C=C\C[C@H](O)/C=C/C=C\C=C\[C@H](O)C/C=C\CC)COP(=O)([O-])OCC[N+](C)(C)C. The molecule has 348 valence electrons. The summed E-state index contributed by atoms with van der Waals surface area (Å²) in [5.74, 6) is -1.09. The number of aliphatic hydroxyl groups excluding tert-OH is 2. The number of aliphatic hydroxyl groups is 2. The lowest BCUT2D eigenvalue weighted by molar-refractivity contribution is -0.870. The Morgan fingerprint density at radius 2 is 1.06 bits per heavy atom. The third-order valence-electron chi connectivity index (χ3n) is 8.35. The lowest BCUT2D eigenvalue weighted by Gasteiger charge is -2.28. The highest BCUT2D eigenvalue weighted by molar-refractivity contribution is 7.45. The van der Waals surface area contributed by atoms with E-state index < -0.39 is 44.7 Å². The summed E-state index contributed by atoms with van der Waals surface area (Å²) in [5, 5.41) is 20.0. The molecule has 12 heteroatoms. The second-order valence-electron chi connectivity index (χ2n) is 15.3. The molecule has 0 rings (SSSR count). The molecular weight excluding hydrogens is 806 g/mol. The Morgan fingerprint density at radius 3 is 1.60 bits per heavy atom. The number of allylic oxidation sites excluding steroid dienone is 18. The van der Waals surface area contributed by atoms with Crippen LogP contribution in [0, 0.1) is 0 Å². The number of ether oxygens (including phenoxy) is 2. The molecule has 0 radical (unpaired) electrons. The van der Waals surface area contributed by atoms with E-state index in [-0.39, 0.29) is 26.1 Å². The van der Waals surface area contributed by atoms with Crippen molar-refractivity contribution in [2.24, 2.45) is 0 Å². The molecule has 0 aliphatic rings. The van der Waals surface area contributed by atoms with Gasteiger partial charge in [0.15, 0.2) is 6.10 Å². The quantitative estimate of drug-likeness (QED) is 0.0154. The van der Waals surface area contributed by atoms with Gasteiger partial charge in [-0.1, -0.05) is 148 Å². The van der Waals surface area contributed by atoms with Crippen LogP contribution in [0.25, 0.3) is 0 Å². The highest BCUT2D eigenvalue weighted by Crippen LogP contribution is 2.38. The van der Waals surface area contributed by atoms with Crippen molar-refractivity contribution in [3.05, 3.63) is 134 Å². The van der Waals surface area contributed by atoms with Crippen LogP contribution >= 0.6 is 7.82 Å². The second-order valence-corrected chi connectivity index (χ2v) is 16.8. The lowest BCUT2D eigenvalue weighted by Crippen LogP contribution is -2.37. The monoisotopic (exact) mass is 884 g/mol. The van der Waals surface area contributed by atoms with Gasteiger partial charge in [-0.2, -0.15) is 0 Å². The van der Waals surface area contributed by atoms with Crippen LogP contribution in [-0.4, -0.2) is 92.5 Å². The maximum absolute atomic E-state index is 12.7. The lowest BCUT2D eigenvalue weighted by atomic mass is 10.2. The van der Waals surface area contributed by atoms with Crippen LogP contribution in [0.3, 0.4) is 0 Å². The Morgan fingerprint density at radius 1 is 0.597 bits per heavy atom. The second kappa shape index (κ2) is 39.9. The van der Waals surface area contributed by atoms with Gasteiger partial charge in [0.1, 0.15) is 19.8 Å². The van der Waals surface area contributed by atoms with E-state index in [2.05, 4.69) is 55.5 Å². The topological polar surface area (TPSA) is 152 Å². The number of rotatable bonds is 37. The number of phosphoric acid groups is 1. The molecule has 0 aliphatic carbocycles. The first kappa shape index (κ1) is 58.1. The molecule has 0 heterocycles. The first-order chi connectivity index (χ1) is 29.8. The number of nitrogens with zero attached hydrogens (tertiary/aromatic N) is 1. The zero-order valence-corrected chi connectivity index (χ0v) is 39.1. The molecule has 0 aliphatic heterocycles. The van der Waals surface area contributed by atoms with Gasteiger partial charge in [-0.05, 0) is 77.0 Å². The fourth-order valence-electron chi connectivity index (χ4n) is 4.89. The van der Waals surface area contributed by atoms with E-state index in [0.29, 0.717) is 49.6 Å². The van der Waals surface area contributed by atoms with Crippen LogP contribution in [0.4, 0.5) is 0 Å². The molecule has 0 saturated carbocycles. The molecule has 1 unspecified atom stereocenters. The maximum Gasteiger partial charge on any atom is 0.306 e. The van der Waals surface area contributed by atoms with Crippen LogP contribution in [0.5, 0.6) is 0 Å². The number of carbonyl (C=O) groups excluding carboxylic acids is 2. The van der Waals surface area contributed by atoms with Crippen molar-refractivity contribution in [2.75, 3.05) is 47.5 Å². The number of hydrogen-bond donors (Lipinski definition) is 2. The number of carbonyl (C=O) groups is 2. The number of quaternary nitrogens is 1. The third kappa shape index (κ3) is 42.7. The molecule has 62 heavy (non-hydrogen) atoms. The third-order valence-corrected chi connectivity index (χ3v) is 9.31. The van der Waals surface area contributed by atoms with Crippen LogP contribution in [-0.2, 0) is 32.7 Å². The zero-order valence-electron chi connectivity index (χ0n) is 38.2. The molecule has 4 atom stereocenters. The van der Waals surface area contributed by atoms with Gasteiger partial charge < -0.3 is 38.1 Å². The highest BCUT2D eigenvalue weighted by Gasteiger charge is 2.21. The Kier molecular flexibility index (Phi) is 37.4. The van der Waals surface area contributed by atoms with Gasteiger partial charge in [0.2, 0.25) is 0 Å². The van der Waals surface area contributed by atoms with Crippen molar-refractivity contribution < 1.29 is 52.3 Å². The number of likely N-dealkylation sites (N-methyl/N-ethyl adjacent to an activating group) is 1. The first-order valence-corrected chi connectivity index (χ1v) is 23.6. The summed E-state index contributed by atoms with van der Waals surface area (Å²) >= 11 is 0. The standard InChI is InChI=1S/C50H78NO10P/c1-6-8-10-11-12-13-14-15-16-17-18-19-20-21-22-27-35-41-50(55)61-48(45-60-62(56,57)59-43-42-51(3,4)5)44-58-49(54)40-34-26-24-23-25-31-37-47(53)39-33-29-28-32-38-46(52)36-30-9-7-2/h8-10,12-13,15-16,18-19,21-22,24-26,28-33,38-39,46-48,52-53H,6-7,11,14,17,20,23,27,34-37,40-45H2,1-5H3/b10-8-,13-12-,16-15-,19-18-,22-21-,26-24-,29-28-,30-9-,31-25-,38-32+,39-33+/t46-,47+,48-/m1/s1. The number of phosphoric ester groups is 1. The van der Waals surface area contributed by atoms with E-state index in [9.17, 15) is 29.3 Å². The minimum atomic E-state index is -4.69. The Balaban J connectivity index is 4.71. The summed E-state index contributed by atoms with van der Waals surface area (Å²) in [7, 11) is 0.999. The number of unbranched alkanes of at least 4 members (excludes halogenated alkanes) is 1. The van der Waals surface area contributed by atoms with Crippen molar-refractivity contribution >= 4 is 19.8 Å². The molecule has 0 fully saturated rings. The summed E-state index contributed by atoms with van der Waals surface area (Å²) < 4.78 is 33.6. The summed E-state index contributed by atoms with van der Waals surface area (Å²) in [6, 6.07) is 0. The molecule has 0 aromatic rings. The van der Waals surface area contributed by atoms with Crippen LogP contribution < -0.4 is 4.89 Å². The van der Waals surface area contributed by atoms with E-state index in [4.69, 9.17) is 18.5 Å².